The third kappa shape index (κ3) is 3.31. The first-order valence-corrected chi connectivity index (χ1v) is 7.92. The molecule has 0 radical (unpaired) electrons. The van der Waals surface area contributed by atoms with Gasteiger partial charge in [-0.2, -0.15) is 0 Å². The molecule has 2 aromatic carbocycles. The molecule has 0 saturated carbocycles. The van der Waals surface area contributed by atoms with Gasteiger partial charge in [-0.25, -0.2) is 0 Å². The molecule has 102 valence electrons. The Labute approximate surface area is 128 Å². The van der Waals surface area contributed by atoms with Gasteiger partial charge in [-0.15, -0.1) is 0 Å². The Morgan fingerprint density at radius 2 is 1.65 bits per heavy atom. The van der Waals surface area contributed by atoms with Gasteiger partial charge in [-0.3, -0.25) is 0 Å². The van der Waals surface area contributed by atoms with Crippen LogP contribution in [0.3, 0.4) is 0 Å². The minimum absolute atomic E-state index is 1.12. The van der Waals surface area contributed by atoms with Crippen molar-refractivity contribution in [3.8, 4) is 0 Å². The summed E-state index contributed by atoms with van der Waals surface area (Å²) in [5, 5.41) is 1.29. The second-order valence-electron chi connectivity index (χ2n) is 5.22. The van der Waals surface area contributed by atoms with Gasteiger partial charge in [0.25, 0.3) is 0 Å². The molecule has 2 heteroatoms. The molecule has 3 aromatic rings. The molecule has 0 aliphatic rings. The molecule has 1 N–H and O–H groups in total. The highest BCUT2D eigenvalue weighted by Crippen LogP contribution is 2.21. The third-order valence-corrected chi connectivity index (χ3v) is 4.14. The fraction of sp³-hybridized carbons (Fsp3) is 0.222. The summed E-state index contributed by atoms with van der Waals surface area (Å²) >= 11 is 3.52. The fourth-order valence-corrected chi connectivity index (χ4v) is 2.97. The van der Waals surface area contributed by atoms with E-state index in [1.54, 1.807) is 0 Å². The molecule has 1 aromatic heterocycles. The van der Waals surface area contributed by atoms with Gasteiger partial charge in [0.05, 0.1) is 0 Å². The Morgan fingerprint density at radius 1 is 0.850 bits per heavy atom. The Hall–Kier alpha value is -1.54. The molecule has 0 unspecified atom stereocenters. The fourth-order valence-electron chi connectivity index (χ4n) is 2.59. The molecule has 0 aliphatic heterocycles. The summed E-state index contributed by atoms with van der Waals surface area (Å²) in [6.45, 7) is 0. The van der Waals surface area contributed by atoms with Gasteiger partial charge >= 0.3 is 0 Å². The summed E-state index contributed by atoms with van der Waals surface area (Å²) in [6.07, 6.45) is 4.76. The lowest BCUT2D eigenvalue weighted by Gasteiger charge is -2.00. The molecule has 1 heterocycles. The zero-order valence-electron chi connectivity index (χ0n) is 11.4. The Bertz CT molecular complexity index is 685. The highest BCUT2D eigenvalue weighted by Gasteiger charge is 2.01. The van der Waals surface area contributed by atoms with E-state index in [0.29, 0.717) is 0 Å². The Kier molecular flexibility index (Phi) is 4.22. The van der Waals surface area contributed by atoms with E-state index >= 15 is 0 Å². The van der Waals surface area contributed by atoms with Crippen molar-refractivity contribution in [2.75, 3.05) is 0 Å². The van der Waals surface area contributed by atoms with E-state index < -0.39 is 0 Å². The van der Waals surface area contributed by atoms with Crippen molar-refractivity contribution in [3.05, 3.63) is 70.3 Å². The molecule has 0 aliphatic carbocycles. The number of benzene rings is 2. The van der Waals surface area contributed by atoms with Crippen LogP contribution in [-0.2, 0) is 12.8 Å². The van der Waals surface area contributed by atoms with Gasteiger partial charge in [-0.1, -0.05) is 46.3 Å². The van der Waals surface area contributed by atoms with Crippen molar-refractivity contribution in [1.29, 1.82) is 0 Å². The number of aromatic amines is 1. The van der Waals surface area contributed by atoms with Gasteiger partial charge < -0.3 is 4.98 Å². The summed E-state index contributed by atoms with van der Waals surface area (Å²) in [5.74, 6) is 0. The zero-order chi connectivity index (χ0) is 13.8. The number of aryl methyl sites for hydroxylation is 2. The molecule has 0 atom stereocenters. The van der Waals surface area contributed by atoms with Crippen molar-refractivity contribution < 1.29 is 0 Å². The molecule has 0 amide bonds. The normalized spacial score (nSPS) is 11.1. The summed E-state index contributed by atoms with van der Waals surface area (Å²) in [7, 11) is 0. The minimum Gasteiger partial charge on any atom is -0.358 e. The number of fused-ring (bicyclic) bond motifs is 1. The van der Waals surface area contributed by atoms with E-state index in [4.69, 9.17) is 0 Å². The predicted molar refractivity (Wildman–Crippen MR) is 89.1 cm³/mol. The van der Waals surface area contributed by atoms with Crippen LogP contribution in [0.4, 0.5) is 0 Å². The quantitative estimate of drug-likeness (QED) is 0.596. The summed E-state index contributed by atoms with van der Waals surface area (Å²) < 4.78 is 1.14. The maximum absolute atomic E-state index is 3.52. The van der Waals surface area contributed by atoms with Crippen LogP contribution in [-0.4, -0.2) is 4.98 Å². The number of nitrogens with one attached hydrogen (secondary N) is 1. The van der Waals surface area contributed by atoms with Crippen LogP contribution in [0.25, 0.3) is 10.9 Å². The van der Waals surface area contributed by atoms with Crippen molar-refractivity contribution >= 4 is 26.8 Å². The molecule has 0 bridgehead atoms. The van der Waals surface area contributed by atoms with E-state index in [0.717, 1.165) is 10.9 Å². The van der Waals surface area contributed by atoms with E-state index in [1.807, 2.05) is 0 Å². The predicted octanol–water partition coefficient (Wildman–Crippen LogP) is 5.50. The molecule has 0 spiro atoms. The summed E-state index contributed by atoms with van der Waals surface area (Å²) in [4.78, 5) is 3.50. The van der Waals surface area contributed by atoms with Crippen molar-refractivity contribution in [3.63, 3.8) is 0 Å². The van der Waals surface area contributed by atoms with Crippen molar-refractivity contribution in [2.45, 2.75) is 25.7 Å². The lowest BCUT2D eigenvalue weighted by Crippen LogP contribution is -1.89. The van der Waals surface area contributed by atoms with Gasteiger partial charge in [-0.05, 0) is 55.5 Å². The van der Waals surface area contributed by atoms with E-state index in [-0.39, 0.29) is 0 Å². The smallest absolute Gasteiger partial charge is 0.0456 e. The van der Waals surface area contributed by atoms with Crippen LogP contribution >= 0.6 is 15.9 Å². The largest absolute Gasteiger partial charge is 0.358 e. The lowest BCUT2D eigenvalue weighted by molar-refractivity contribution is 0.726. The highest BCUT2D eigenvalue weighted by molar-refractivity contribution is 9.10. The molecule has 20 heavy (non-hydrogen) atoms. The maximum atomic E-state index is 3.52. The minimum atomic E-state index is 1.12. The van der Waals surface area contributed by atoms with Crippen LogP contribution in [0.5, 0.6) is 0 Å². The molecule has 1 nitrogen and oxygen atoms in total. The van der Waals surface area contributed by atoms with E-state index in [1.165, 1.54) is 41.4 Å². The van der Waals surface area contributed by atoms with Gasteiger partial charge in [0.2, 0.25) is 0 Å². The highest BCUT2D eigenvalue weighted by atomic mass is 79.9. The number of aromatic nitrogens is 1. The number of H-pyrrole nitrogens is 1. The van der Waals surface area contributed by atoms with Crippen molar-refractivity contribution in [2.24, 2.45) is 0 Å². The topological polar surface area (TPSA) is 15.8 Å². The first kappa shape index (κ1) is 13.4. The first-order chi connectivity index (χ1) is 9.81. The van der Waals surface area contributed by atoms with Gasteiger partial charge in [0, 0.05) is 21.1 Å². The zero-order valence-corrected chi connectivity index (χ0v) is 13.0. The number of rotatable bonds is 5. The number of hydrogen-bond donors (Lipinski definition) is 1. The summed E-state index contributed by atoms with van der Waals surface area (Å²) in [6, 6.07) is 19.4. The summed E-state index contributed by atoms with van der Waals surface area (Å²) in [5.41, 5.74) is 4.01. The molecule has 0 saturated heterocycles. The standard InChI is InChI=1S/C18H18BrN/c19-16-10-11-18-15(12-16)13-17(20-18)9-5-4-8-14-6-2-1-3-7-14/h1-3,6-7,10-13,20H,4-5,8-9H2. The third-order valence-electron chi connectivity index (χ3n) is 3.64. The second-order valence-corrected chi connectivity index (χ2v) is 6.13. The van der Waals surface area contributed by atoms with Crippen LogP contribution in [0.1, 0.15) is 24.1 Å². The molecular weight excluding hydrogens is 310 g/mol. The van der Waals surface area contributed by atoms with Crippen LogP contribution in [0, 0.1) is 0 Å². The number of unbranched alkanes of at least 4 members (excludes halogenated alkanes) is 1. The SMILES string of the molecule is Brc1ccc2[nH]c(CCCCc3ccccc3)cc2c1. The number of hydrogen-bond acceptors (Lipinski definition) is 0. The van der Waals surface area contributed by atoms with Crippen molar-refractivity contribution in [1.82, 2.24) is 4.98 Å². The van der Waals surface area contributed by atoms with Crippen LogP contribution < -0.4 is 0 Å². The molecule has 0 fully saturated rings. The van der Waals surface area contributed by atoms with Gasteiger partial charge in [0.15, 0.2) is 0 Å². The Morgan fingerprint density at radius 3 is 2.50 bits per heavy atom. The number of halogens is 1. The average Bonchev–Trinajstić information content (AvgIpc) is 2.86. The molecular formula is C18H18BrN. The van der Waals surface area contributed by atoms with Crippen LogP contribution in [0.15, 0.2) is 59.1 Å². The van der Waals surface area contributed by atoms with E-state index in [9.17, 15) is 0 Å². The first-order valence-electron chi connectivity index (χ1n) is 7.12. The van der Waals surface area contributed by atoms with Crippen LogP contribution in [0.2, 0.25) is 0 Å². The Balaban J connectivity index is 1.55. The average molecular weight is 328 g/mol. The van der Waals surface area contributed by atoms with Gasteiger partial charge in [0.1, 0.15) is 0 Å². The lowest BCUT2D eigenvalue weighted by atomic mass is 10.1. The second kappa shape index (κ2) is 6.27. The monoisotopic (exact) mass is 327 g/mol. The van der Waals surface area contributed by atoms with E-state index in [2.05, 4.69) is 75.5 Å². The molecule has 3 rings (SSSR count). The maximum Gasteiger partial charge on any atom is 0.0456 e.